The Kier molecular flexibility index (Phi) is 4.43. The van der Waals surface area contributed by atoms with Crippen LogP contribution in [0.15, 0.2) is 54.6 Å². The van der Waals surface area contributed by atoms with E-state index in [4.69, 9.17) is 9.47 Å². The molecule has 0 saturated heterocycles. The van der Waals surface area contributed by atoms with Gasteiger partial charge in [-0.2, -0.15) is 0 Å². The van der Waals surface area contributed by atoms with Crippen LogP contribution in [0.3, 0.4) is 0 Å². The van der Waals surface area contributed by atoms with Crippen LogP contribution in [0.4, 0.5) is 0 Å². The number of rotatable bonds is 4. The average molecular weight is 269 g/mol. The molecule has 0 aliphatic carbocycles. The Morgan fingerprint density at radius 2 is 1.45 bits per heavy atom. The minimum Gasteiger partial charge on any atom is -0.347 e. The Bertz CT molecular complexity index is 515. The maximum Gasteiger partial charge on any atom is 0.170 e. The Hall–Kier alpha value is -1.68. The molecule has 0 bridgehead atoms. The zero-order chi connectivity index (χ0) is 13.6. The molecule has 1 aliphatic rings. The summed E-state index contributed by atoms with van der Waals surface area (Å²) < 4.78 is 11.6. The number of hydrogen-bond acceptors (Lipinski definition) is 3. The summed E-state index contributed by atoms with van der Waals surface area (Å²) in [7, 11) is 0. The van der Waals surface area contributed by atoms with Crippen molar-refractivity contribution < 1.29 is 9.47 Å². The lowest BCUT2D eigenvalue weighted by atomic mass is 10.1. The van der Waals surface area contributed by atoms with Gasteiger partial charge in [-0.25, -0.2) is 0 Å². The van der Waals surface area contributed by atoms with E-state index in [2.05, 4.69) is 29.6 Å². The van der Waals surface area contributed by atoms with Crippen molar-refractivity contribution in [3.05, 3.63) is 71.3 Å². The molecule has 20 heavy (non-hydrogen) atoms. The molecule has 0 spiro atoms. The molecule has 104 valence electrons. The van der Waals surface area contributed by atoms with Crippen molar-refractivity contribution in [1.29, 1.82) is 0 Å². The summed E-state index contributed by atoms with van der Waals surface area (Å²) in [4.78, 5) is 0. The number of fused-ring (bicyclic) bond motifs is 1. The first kappa shape index (κ1) is 13.3. The summed E-state index contributed by atoms with van der Waals surface area (Å²) in [5.41, 5.74) is 3.71. The second-order valence-electron chi connectivity index (χ2n) is 4.94. The van der Waals surface area contributed by atoms with Crippen molar-refractivity contribution in [2.45, 2.75) is 26.0 Å². The lowest BCUT2D eigenvalue weighted by Gasteiger charge is -2.16. The predicted octanol–water partition coefficient (Wildman–Crippen LogP) is 2.85. The first-order chi connectivity index (χ1) is 9.92. The van der Waals surface area contributed by atoms with Crippen LogP contribution in [0.25, 0.3) is 0 Å². The number of nitrogens with one attached hydrogen (secondary N) is 1. The average Bonchev–Trinajstić information content (AvgIpc) is 2.71. The molecule has 2 aromatic rings. The van der Waals surface area contributed by atoms with Gasteiger partial charge in [0.1, 0.15) is 0 Å². The van der Waals surface area contributed by atoms with Crippen LogP contribution >= 0.6 is 0 Å². The third-order valence-electron chi connectivity index (χ3n) is 3.45. The summed E-state index contributed by atoms with van der Waals surface area (Å²) in [5, 5.41) is 3.38. The molecule has 2 aromatic carbocycles. The topological polar surface area (TPSA) is 30.5 Å². The van der Waals surface area contributed by atoms with Crippen molar-refractivity contribution in [3.8, 4) is 0 Å². The number of hydrogen-bond donors (Lipinski definition) is 1. The van der Waals surface area contributed by atoms with Gasteiger partial charge in [-0.1, -0.05) is 54.6 Å². The lowest BCUT2D eigenvalue weighted by molar-refractivity contribution is -0.145. The van der Waals surface area contributed by atoms with Crippen LogP contribution in [-0.4, -0.2) is 12.8 Å². The molecule has 1 heterocycles. The largest absolute Gasteiger partial charge is 0.347 e. The van der Waals surface area contributed by atoms with Gasteiger partial charge in [0.15, 0.2) is 6.29 Å². The standard InChI is InChI=1S/C17H19NO2/c1-2-6-14(7-3-1)10-18-11-17-19-12-15-8-4-5-9-16(15)13-20-17/h1-9,17-18H,10-13H2. The highest BCUT2D eigenvalue weighted by Gasteiger charge is 2.15. The summed E-state index contributed by atoms with van der Waals surface area (Å²) in [6, 6.07) is 18.6. The third kappa shape index (κ3) is 3.45. The molecule has 0 amide bonds. The maximum absolute atomic E-state index is 5.78. The van der Waals surface area contributed by atoms with E-state index in [9.17, 15) is 0 Å². The fraction of sp³-hybridized carbons (Fsp3) is 0.294. The molecule has 3 nitrogen and oxygen atoms in total. The fourth-order valence-electron chi connectivity index (χ4n) is 2.30. The van der Waals surface area contributed by atoms with Gasteiger partial charge in [-0.05, 0) is 16.7 Å². The van der Waals surface area contributed by atoms with Gasteiger partial charge in [-0.15, -0.1) is 0 Å². The van der Waals surface area contributed by atoms with Crippen molar-refractivity contribution in [1.82, 2.24) is 5.32 Å². The monoisotopic (exact) mass is 269 g/mol. The van der Waals surface area contributed by atoms with Crippen LogP contribution in [0.2, 0.25) is 0 Å². The highest BCUT2D eigenvalue weighted by Crippen LogP contribution is 2.17. The molecule has 0 saturated carbocycles. The van der Waals surface area contributed by atoms with Crippen LogP contribution in [-0.2, 0) is 29.2 Å². The Balaban J connectivity index is 1.48. The highest BCUT2D eigenvalue weighted by molar-refractivity contribution is 5.26. The van der Waals surface area contributed by atoms with Crippen LogP contribution < -0.4 is 5.32 Å². The van der Waals surface area contributed by atoms with Crippen molar-refractivity contribution in [2.75, 3.05) is 6.54 Å². The van der Waals surface area contributed by atoms with Gasteiger partial charge < -0.3 is 14.8 Å². The molecule has 3 rings (SSSR count). The van der Waals surface area contributed by atoms with E-state index in [1.165, 1.54) is 16.7 Å². The zero-order valence-corrected chi connectivity index (χ0v) is 11.4. The van der Waals surface area contributed by atoms with Crippen LogP contribution in [0.5, 0.6) is 0 Å². The van der Waals surface area contributed by atoms with Gasteiger partial charge in [-0.3, -0.25) is 0 Å². The Labute approximate surface area is 119 Å². The molecule has 3 heteroatoms. The second kappa shape index (κ2) is 6.66. The first-order valence-corrected chi connectivity index (χ1v) is 6.96. The Morgan fingerprint density at radius 1 is 0.850 bits per heavy atom. The molecule has 1 aliphatic heterocycles. The van der Waals surface area contributed by atoms with E-state index in [0.29, 0.717) is 19.8 Å². The molecule has 0 atom stereocenters. The van der Waals surface area contributed by atoms with Gasteiger partial charge in [0.2, 0.25) is 0 Å². The molecule has 1 N–H and O–H groups in total. The molecule has 0 unspecified atom stereocenters. The van der Waals surface area contributed by atoms with E-state index >= 15 is 0 Å². The van der Waals surface area contributed by atoms with Crippen LogP contribution in [0, 0.1) is 0 Å². The summed E-state index contributed by atoms with van der Waals surface area (Å²) >= 11 is 0. The summed E-state index contributed by atoms with van der Waals surface area (Å²) in [5.74, 6) is 0. The summed E-state index contributed by atoms with van der Waals surface area (Å²) in [6.45, 7) is 2.77. The number of benzene rings is 2. The normalized spacial score (nSPS) is 15.6. The number of ether oxygens (including phenoxy) is 2. The van der Waals surface area contributed by atoms with Gasteiger partial charge in [0.05, 0.1) is 13.2 Å². The zero-order valence-electron chi connectivity index (χ0n) is 11.4. The first-order valence-electron chi connectivity index (χ1n) is 6.96. The van der Waals surface area contributed by atoms with Gasteiger partial charge in [0.25, 0.3) is 0 Å². The molecule has 0 aromatic heterocycles. The lowest BCUT2D eigenvalue weighted by Crippen LogP contribution is -2.30. The van der Waals surface area contributed by atoms with Crippen molar-refractivity contribution in [2.24, 2.45) is 0 Å². The predicted molar refractivity (Wildman–Crippen MR) is 78.0 cm³/mol. The molecular formula is C17H19NO2. The second-order valence-corrected chi connectivity index (χ2v) is 4.94. The van der Waals surface area contributed by atoms with E-state index < -0.39 is 0 Å². The van der Waals surface area contributed by atoms with E-state index in [1.54, 1.807) is 0 Å². The van der Waals surface area contributed by atoms with E-state index in [1.807, 2.05) is 30.3 Å². The smallest absolute Gasteiger partial charge is 0.170 e. The SMILES string of the molecule is c1ccc(CNCC2OCc3ccccc3CO2)cc1. The van der Waals surface area contributed by atoms with E-state index in [-0.39, 0.29) is 6.29 Å². The van der Waals surface area contributed by atoms with Gasteiger partial charge >= 0.3 is 0 Å². The minimum absolute atomic E-state index is 0.189. The maximum atomic E-state index is 5.78. The fourth-order valence-corrected chi connectivity index (χ4v) is 2.30. The third-order valence-corrected chi connectivity index (χ3v) is 3.45. The highest BCUT2D eigenvalue weighted by atomic mass is 16.7. The van der Waals surface area contributed by atoms with Crippen molar-refractivity contribution >= 4 is 0 Å². The summed E-state index contributed by atoms with van der Waals surface area (Å²) in [6.07, 6.45) is -0.189. The quantitative estimate of drug-likeness (QED) is 0.926. The molecule has 0 fully saturated rings. The molecular weight excluding hydrogens is 250 g/mol. The van der Waals surface area contributed by atoms with Gasteiger partial charge in [0, 0.05) is 13.1 Å². The Morgan fingerprint density at radius 3 is 2.10 bits per heavy atom. The minimum atomic E-state index is -0.189. The van der Waals surface area contributed by atoms with Crippen LogP contribution in [0.1, 0.15) is 16.7 Å². The molecule has 0 radical (unpaired) electrons. The van der Waals surface area contributed by atoms with Crippen molar-refractivity contribution in [3.63, 3.8) is 0 Å². The van der Waals surface area contributed by atoms with E-state index in [0.717, 1.165) is 6.54 Å².